The first-order valence-corrected chi connectivity index (χ1v) is 15.4. The number of pyridine rings is 1. The molecule has 12 nitrogen and oxygen atoms in total. The Balaban J connectivity index is 1.39. The van der Waals surface area contributed by atoms with Crippen LogP contribution in [0.3, 0.4) is 0 Å². The Morgan fingerprint density at radius 2 is 1.72 bits per heavy atom. The molecule has 2 saturated heterocycles. The van der Waals surface area contributed by atoms with E-state index >= 15 is 0 Å². The largest absolute Gasteiger partial charge is 0.493 e. The van der Waals surface area contributed by atoms with Crippen molar-refractivity contribution < 1.29 is 37.1 Å². The topological polar surface area (TPSA) is 135 Å². The highest BCUT2D eigenvalue weighted by Gasteiger charge is 2.46. The first kappa shape index (κ1) is 32.3. The fourth-order valence-corrected chi connectivity index (χ4v) is 6.05. The highest BCUT2D eigenvalue weighted by atomic mass is 19.4. The summed E-state index contributed by atoms with van der Waals surface area (Å²) in [6.07, 6.45) is -4.54. The number of alkyl halides is 3. The molecule has 6 rings (SSSR count). The number of carbonyl (C=O) groups is 2. The van der Waals surface area contributed by atoms with Crippen molar-refractivity contribution in [2.75, 3.05) is 73.2 Å². The second-order valence-electron chi connectivity index (χ2n) is 11.4. The van der Waals surface area contributed by atoms with Crippen LogP contribution in [0.25, 0.3) is 0 Å². The molecule has 0 radical (unpaired) electrons. The van der Waals surface area contributed by atoms with Crippen molar-refractivity contribution in [3.8, 4) is 0 Å². The Bertz CT molecular complexity index is 1610. The van der Waals surface area contributed by atoms with Crippen molar-refractivity contribution in [3.05, 3.63) is 70.9 Å². The minimum absolute atomic E-state index is 0.0515. The van der Waals surface area contributed by atoms with Gasteiger partial charge in [0, 0.05) is 50.3 Å². The molecule has 250 valence electrons. The van der Waals surface area contributed by atoms with E-state index in [0.29, 0.717) is 63.7 Å². The van der Waals surface area contributed by atoms with Gasteiger partial charge in [-0.3, -0.25) is 9.69 Å². The number of hydroxylamine groups is 1. The summed E-state index contributed by atoms with van der Waals surface area (Å²) in [6.45, 7) is 8.07. The Morgan fingerprint density at radius 1 is 1.04 bits per heavy atom. The van der Waals surface area contributed by atoms with Crippen LogP contribution < -0.4 is 26.3 Å². The number of nitrogens with two attached hydrogens (primary N) is 1. The van der Waals surface area contributed by atoms with Gasteiger partial charge in [0.1, 0.15) is 5.69 Å². The number of morpholine rings is 2. The number of nitrogens with zero attached hydrogens (tertiary/aromatic N) is 4. The molecule has 0 spiro atoms. The molecule has 15 heteroatoms. The minimum Gasteiger partial charge on any atom is -0.379 e. The average molecular weight is 656 g/mol. The second kappa shape index (κ2) is 13.6. The monoisotopic (exact) mass is 655 g/mol. The highest BCUT2D eigenvalue weighted by molar-refractivity contribution is 6.05. The summed E-state index contributed by atoms with van der Waals surface area (Å²) in [4.78, 5) is 38.8. The lowest BCUT2D eigenvalue weighted by atomic mass is 10.0. The number of ether oxygens (including phenoxy) is 2. The van der Waals surface area contributed by atoms with E-state index in [4.69, 9.17) is 20.0 Å². The molecule has 3 aromatic rings. The van der Waals surface area contributed by atoms with Gasteiger partial charge in [0.05, 0.1) is 37.7 Å². The molecule has 0 aliphatic carbocycles. The van der Waals surface area contributed by atoms with Crippen LogP contribution in [0, 0.1) is 0 Å². The molecule has 4 heterocycles. The summed E-state index contributed by atoms with van der Waals surface area (Å²) >= 11 is 0. The van der Waals surface area contributed by atoms with E-state index in [1.54, 1.807) is 12.1 Å². The van der Waals surface area contributed by atoms with Crippen LogP contribution in [0.4, 0.5) is 41.7 Å². The minimum atomic E-state index is -5.29. The molecule has 3 aliphatic rings. The predicted molar refractivity (Wildman–Crippen MR) is 168 cm³/mol. The van der Waals surface area contributed by atoms with Gasteiger partial charge in [0.2, 0.25) is 0 Å². The van der Waals surface area contributed by atoms with Gasteiger partial charge in [-0.1, -0.05) is 31.2 Å². The number of primary amides is 1. The normalized spacial score (nSPS) is 18.4. The lowest BCUT2D eigenvalue weighted by Crippen LogP contribution is -2.37. The molecule has 2 aromatic carbocycles. The summed E-state index contributed by atoms with van der Waals surface area (Å²) in [5.74, 6) is -3.21. The maximum atomic E-state index is 13.6. The van der Waals surface area contributed by atoms with Crippen molar-refractivity contribution in [1.82, 2.24) is 9.88 Å². The number of halogens is 3. The number of amides is 1. The lowest BCUT2D eigenvalue weighted by molar-refractivity contribution is -0.201. The smallest absolute Gasteiger partial charge is 0.379 e. The molecule has 3 aliphatic heterocycles. The van der Waals surface area contributed by atoms with Crippen molar-refractivity contribution in [3.63, 3.8) is 0 Å². The maximum Gasteiger partial charge on any atom is 0.493 e. The third-order valence-corrected chi connectivity index (χ3v) is 8.43. The Morgan fingerprint density at radius 3 is 2.36 bits per heavy atom. The molecule has 1 aromatic heterocycles. The number of anilines is 5. The van der Waals surface area contributed by atoms with Crippen molar-refractivity contribution in [2.24, 2.45) is 5.73 Å². The third-order valence-electron chi connectivity index (χ3n) is 8.43. The van der Waals surface area contributed by atoms with Crippen LogP contribution in [-0.2, 0) is 32.1 Å². The van der Waals surface area contributed by atoms with Gasteiger partial charge in [-0.25, -0.2) is 9.78 Å². The number of aromatic nitrogens is 1. The molecule has 0 saturated carbocycles. The quantitative estimate of drug-likeness (QED) is 0.308. The van der Waals surface area contributed by atoms with E-state index in [0.717, 1.165) is 35.0 Å². The van der Waals surface area contributed by atoms with E-state index in [1.165, 1.54) is 6.20 Å². The van der Waals surface area contributed by atoms with Gasteiger partial charge in [-0.05, 0) is 41.3 Å². The van der Waals surface area contributed by atoms with Gasteiger partial charge in [-0.2, -0.15) is 18.2 Å². The van der Waals surface area contributed by atoms with Gasteiger partial charge in [0.15, 0.2) is 12.0 Å². The molecule has 1 atom stereocenters. The predicted octanol–water partition coefficient (Wildman–Crippen LogP) is 4.11. The summed E-state index contributed by atoms with van der Waals surface area (Å²) < 4.78 is 51.7. The fourth-order valence-electron chi connectivity index (χ4n) is 6.05. The van der Waals surface area contributed by atoms with Gasteiger partial charge < -0.3 is 35.6 Å². The van der Waals surface area contributed by atoms with Crippen LogP contribution in [-0.4, -0.2) is 80.5 Å². The molecule has 47 heavy (non-hydrogen) atoms. The summed E-state index contributed by atoms with van der Waals surface area (Å²) in [6, 6.07) is 12.8. The molecule has 4 N–H and O–H groups in total. The zero-order valence-electron chi connectivity index (χ0n) is 25.8. The molecule has 0 bridgehead atoms. The Labute approximate surface area is 269 Å². The van der Waals surface area contributed by atoms with Crippen molar-refractivity contribution in [1.29, 1.82) is 0 Å². The summed E-state index contributed by atoms with van der Waals surface area (Å²) in [5.41, 5.74) is 9.65. The Kier molecular flexibility index (Phi) is 9.38. The number of nitrogens with one attached hydrogen (secondary N) is 2. The number of rotatable bonds is 9. The highest BCUT2D eigenvalue weighted by Crippen LogP contribution is 2.48. The number of fused-ring (bicyclic) bond motifs is 1. The first-order valence-electron chi connectivity index (χ1n) is 15.4. The third kappa shape index (κ3) is 6.92. The maximum absolute atomic E-state index is 13.6. The van der Waals surface area contributed by atoms with Crippen LogP contribution in [0.1, 0.15) is 40.1 Å². The molecule has 1 unspecified atom stereocenters. The van der Waals surface area contributed by atoms with Crippen LogP contribution in [0.2, 0.25) is 0 Å². The fraction of sp³-hybridized carbons (Fsp3) is 0.406. The van der Waals surface area contributed by atoms with Gasteiger partial charge in [-0.15, -0.1) is 0 Å². The first-order chi connectivity index (χ1) is 22.6. The standard InChI is InChI=1S/C32H36F3N7O5/c1-2-23-21(19-40-10-14-45-15-11-40)4-3-5-25(23)38-26-24(28(36)43)18-37-29-27(26)42(47-31(44)32(33,34)35)30(39-29)20-6-8-22(9-7-20)41-12-16-46-17-13-41/h3-9,18,30H,2,10-17,19H2,1H3,(H2,36,43)(H2,37,38,39). The van der Waals surface area contributed by atoms with Crippen LogP contribution in [0.15, 0.2) is 48.7 Å². The van der Waals surface area contributed by atoms with Crippen LogP contribution >= 0.6 is 0 Å². The molecule has 1 amide bonds. The van der Waals surface area contributed by atoms with E-state index in [2.05, 4.69) is 25.4 Å². The van der Waals surface area contributed by atoms with E-state index < -0.39 is 24.2 Å². The van der Waals surface area contributed by atoms with E-state index in [1.807, 2.05) is 37.3 Å². The number of hydrogen-bond donors (Lipinski definition) is 3. The zero-order chi connectivity index (χ0) is 33.1. The second-order valence-corrected chi connectivity index (χ2v) is 11.4. The molecular weight excluding hydrogens is 619 g/mol. The van der Waals surface area contributed by atoms with Crippen LogP contribution in [0.5, 0.6) is 0 Å². The van der Waals surface area contributed by atoms with Gasteiger partial charge in [0.25, 0.3) is 5.91 Å². The number of carbonyl (C=O) groups excluding carboxylic acids is 2. The zero-order valence-corrected chi connectivity index (χ0v) is 25.8. The van der Waals surface area contributed by atoms with E-state index in [-0.39, 0.29) is 22.8 Å². The van der Waals surface area contributed by atoms with Gasteiger partial charge >= 0.3 is 12.1 Å². The molecule has 2 fully saturated rings. The average Bonchev–Trinajstić information content (AvgIpc) is 3.44. The molecular formula is C32H36F3N7O5. The van der Waals surface area contributed by atoms with Crippen molar-refractivity contribution in [2.45, 2.75) is 32.2 Å². The SMILES string of the molecule is CCc1c(CN2CCOCC2)cccc1Nc1c(C(N)=O)cnc2c1N(OC(=O)C(F)(F)F)C(c1ccc(N3CCOCC3)cc1)N2. The van der Waals surface area contributed by atoms with E-state index in [9.17, 15) is 22.8 Å². The van der Waals surface area contributed by atoms with Crippen molar-refractivity contribution >= 4 is 40.4 Å². The lowest BCUT2D eigenvalue weighted by Gasteiger charge is -2.30. The summed E-state index contributed by atoms with van der Waals surface area (Å²) in [5, 5.41) is 7.14. The number of benzene rings is 2. The number of hydrogen-bond acceptors (Lipinski definition) is 11. The Hall–Kier alpha value is -4.60. The summed E-state index contributed by atoms with van der Waals surface area (Å²) in [7, 11) is 0.